The Bertz CT molecular complexity index is 520. The van der Waals surface area contributed by atoms with E-state index in [0.29, 0.717) is 6.54 Å². The molecule has 0 aliphatic carbocycles. The van der Waals surface area contributed by atoms with E-state index >= 15 is 0 Å². The minimum Gasteiger partial charge on any atom is -0.478 e. The number of aromatic carboxylic acids is 1. The van der Waals surface area contributed by atoms with Crippen molar-refractivity contribution in [3.8, 4) is 0 Å². The largest absolute Gasteiger partial charge is 0.478 e. The summed E-state index contributed by atoms with van der Waals surface area (Å²) in [6, 6.07) is 1.31. The lowest BCUT2D eigenvalue weighted by atomic mass is 10.1. The van der Waals surface area contributed by atoms with Gasteiger partial charge in [-0.05, 0) is 25.5 Å². The molecule has 1 unspecified atom stereocenters. The Kier molecular flexibility index (Phi) is 5.31. The zero-order chi connectivity index (χ0) is 15.3. The van der Waals surface area contributed by atoms with E-state index in [2.05, 4.69) is 10.6 Å². The Balaban J connectivity index is 2.89. The molecule has 0 saturated carbocycles. The number of carboxylic acid groups (broad SMARTS) is 1. The average molecular weight is 283 g/mol. The van der Waals surface area contributed by atoms with Crippen LogP contribution in [-0.2, 0) is 4.79 Å². The first-order valence-corrected chi connectivity index (χ1v) is 6.23. The number of carbonyl (C=O) groups is 2. The summed E-state index contributed by atoms with van der Waals surface area (Å²) in [5, 5.41) is 14.2. The second-order valence-corrected chi connectivity index (χ2v) is 4.38. The number of nitrogens with one attached hydrogen (secondary N) is 2. The lowest BCUT2D eigenvalue weighted by Gasteiger charge is -2.16. The topological polar surface area (TPSA) is 104 Å². The van der Waals surface area contributed by atoms with Gasteiger partial charge in [0.1, 0.15) is 11.9 Å². The number of nitrogens with two attached hydrogens (primary N) is 1. The van der Waals surface area contributed by atoms with Gasteiger partial charge in [0.25, 0.3) is 0 Å². The molecule has 0 aliphatic heterocycles. The van der Waals surface area contributed by atoms with Gasteiger partial charge in [-0.25, -0.2) is 9.18 Å². The van der Waals surface area contributed by atoms with E-state index in [4.69, 9.17) is 10.8 Å². The summed E-state index contributed by atoms with van der Waals surface area (Å²) in [6.45, 7) is 3.99. The number of rotatable bonds is 6. The van der Waals surface area contributed by atoms with Gasteiger partial charge in [0.15, 0.2) is 0 Å². The Morgan fingerprint density at radius 3 is 2.65 bits per heavy atom. The summed E-state index contributed by atoms with van der Waals surface area (Å²) < 4.78 is 13.7. The summed E-state index contributed by atoms with van der Waals surface area (Å²) in [5.74, 6) is -2.25. The van der Waals surface area contributed by atoms with Crippen LogP contribution in [0.1, 0.15) is 30.6 Å². The molecule has 7 heteroatoms. The van der Waals surface area contributed by atoms with Crippen molar-refractivity contribution in [1.29, 1.82) is 0 Å². The number of carboxylic acids is 1. The van der Waals surface area contributed by atoms with Gasteiger partial charge >= 0.3 is 5.97 Å². The number of amides is 1. The molecule has 1 amide bonds. The Morgan fingerprint density at radius 2 is 2.10 bits per heavy atom. The molecular weight excluding hydrogens is 265 g/mol. The highest BCUT2D eigenvalue weighted by Gasteiger charge is 2.17. The summed E-state index contributed by atoms with van der Waals surface area (Å²) in [6.07, 6.45) is 0.790. The molecule has 1 aromatic carbocycles. The van der Waals surface area contributed by atoms with Crippen molar-refractivity contribution >= 4 is 23.3 Å². The van der Waals surface area contributed by atoms with Crippen LogP contribution in [0.3, 0.4) is 0 Å². The zero-order valence-corrected chi connectivity index (χ0v) is 11.4. The van der Waals surface area contributed by atoms with Crippen molar-refractivity contribution in [2.24, 2.45) is 0 Å². The Morgan fingerprint density at radius 1 is 1.45 bits per heavy atom. The molecule has 0 fully saturated rings. The minimum absolute atomic E-state index is 0.0734. The number of benzene rings is 1. The lowest BCUT2D eigenvalue weighted by Crippen LogP contribution is -2.38. The fourth-order valence-electron chi connectivity index (χ4n) is 1.58. The van der Waals surface area contributed by atoms with Crippen LogP contribution in [0.2, 0.25) is 0 Å². The van der Waals surface area contributed by atoms with E-state index in [9.17, 15) is 14.0 Å². The molecule has 0 radical (unpaired) electrons. The molecule has 0 spiro atoms. The van der Waals surface area contributed by atoms with Gasteiger partial charge in [0.05, 0.1) is 11.3 Å². The van der Waals surface area contributed by atoms with Crippen LogP contribution in [0.15, 0.2) is 12.1 Å². The molecule has 0 aromatic heterocycles. The van der Waals surface area contributed by atoms with E-state index in [1.165, 1.54) is 0 Å². The maximum absolute atomic E-state index is 13.7. The van der Waals surface area contributed by atoms with E-state index in [1.807, 2.05) is 6.92 Å². The van der Waals surface area contributed by atoms with Gasteiger partial charge in [-0.15, -0.1) is 0 Å². The van der Waals surface area contributed by atoms with Gasteiger partial charge in [0, 0.05) is 12.2 Å². The van der Waals surface area contributed by atoms with Crippen LogP contribution in [0.25, 0.3) is 0 Å². The maximum atomic E-state index is 13.7. The van der Waals surface area contributed by atoms with Crippen LogP contribution < -0.4 is 16.4 Å². The molecule has 5 N–H and O–H groups in total. The second kappa shape index (κ2) is 6.74. The standard InChI is InChI=1S/C13H18FN3O3/c1-3-4-16-12(18)7(2)17-11-5-8(13(19)20)10(15)6-9(11)14/h5-7,17H,3-4,15H2,1-2H3,(H,16,18)(H,19,20). The first-order chi connectivity index (χ1) is 9.36. The van der Waals surface area contributed by atoms with Crippen molar-refractivity contribution in [1.82, 2.24) is 5.32 Å². The number of hydrogen-bond acceptors (Lipinski definition) is 4. The predicted octanol–water partition coefficient (Wildman–Crippen LogP) is 1.43. The number of anilines is 2. The van der Waals surface area contributed by atoms with Crippen molar-refractivity contribution in [3.05, 3.63) is 23.5 Å². The first kappa shape index (κ1) is 15.7. The van der Waals surface area contributed by atoms with Crippen LogP contribution >= 0.6 is 0 Å². The SMILES string of the molecule is CCCNC(=O)C(C)Nc1cc(C(=O)O)c(N)cc1F. The van der Waals surface area contributed by atoms with Crippen LogP contribution in [0.5, 0.6) is 0 Å². The number of carbonyl (C=O) groups excluding carboxylic acids is 1. The molecular formula is C13H18FN3O3. The van der Waals surface area contributed by atoms with E-state index < -0.39 is 17.8 Å². The van der Waals surface area contributed by atoms with Crippen molar-refractivity contribution < 1.29 is 19.1 Å². The summed E-state index contributed by atoms with van der Waals surface area (Å²) >= 11 is 0. The fourth-order valence-corrected chi connectivity index (χ4v) is 1.58. The van der Waals surface area contributed by atoms with Crippen LogP contribution in [0.4, 0.5) is 15.8 Å². The molecule has 110 valence electrons. The third-order valence-corrected chi connectivity index (χ3v) is 2.68. The fraction of sp³-hybridized carbons (Fsp3) is 0.385. The minimum atomic E-state index is -1.26. The Hall–Kier alpha value is -2.31. The molecule has 0 bridgehead atoms. The highest BCUT2D eigenvalue weighted by Crippen LogP contribution is 2.22. The molecule has 1 aromatic rings. The highest BCUT2D eigenvalue weighted by atomic mass is 19.1. The number of nitrogen functional groups attached to an aromatic ring is 1. The summed E-state index contributed by atoms with van der Waals surface area (Å²) in [4.78, 5) is 22.6. The smallest absolute Gasteiger partial charge is 0.337 e. The molecule has 0 saturated heterocycles. The van der Waals surface area contributed by atoms with Crippen LogP contribution in [0, 0.1) is 5.82 Å². The maximum Gasteiger partial charge on any atom is 0.337 e. The van der Waals surface area contributed by atoms with Gasteiger partial charge in [-0.1, -0.05) is 6.92 Å². The van der Waals surface area contributed by atoms with Crippen molar-refractivity contribution in [2.75, 3.05) is 17.6 Å². The van der Waals surface area contributed by atoms with E-state index in [-0.39, 0.29) is 22.8 Å². The van der Waals surface area contributed by atoms with Crippen molar-refractivity contribution in [3.63, 3.8) is 0 Å². The zero-order valence-electron chi connectivity index (χ0n) is 11.4. The van der Waals surface area contributed by atoms with Crippen molar-refractivity contribution in [2.45, 2.75) is 26.3 Å². The number of hydrogen-bond donors (Lipinski definition) is 4. The molecule has 1 rings (SSSR count). The first-order valence-electron chi connectivity index (χ1n) is 6.23. The Labute approximate surface area is 116 Å². The predicted molar refractivity (Wildman–Crippen MR) is 74.2 cm³/mol. The monoisotopic (exact) mass is 283 g/mol. The molecule has 0 heterocycles. The van der Waals surface area contributed by atoms with Gasteiger partial charge < -0.3 is 21.5 Å². The molecule has 1 atom stereocenters. The van der Waals surface area contributed by atoms with Crippen LogP contribution in [-0.4, -0.2) is 29.6 Å². The second-order valence-electron chi connectivity index (χ2n) is 4.38. The van der Waals surface area contributed by atoms with Gasteiger partial charge in [0.2, 0.25) is 5.91 Å². The van der Waals surface area contributed by atoms with Gasteiger partial charge in [-0.3, -0.25) is 4.79 Å². The average Bonchev–Trinajstić information content (AvgIpc) is 2.38. The van der Waals surface area contributed by atoms with Gasteiger partial charge in [-0.2, -0.15) is 0 Å². The van der Waals surface area contributed by atoms with E-state index in [1.54, 1.807) is 6.92 Å². The molecule has 6 nitrogen and oxygen atoms in total. The third kappa shape index (κ3) is 3.84. The molecule has 20 heavy (non-hydrogen) atoms. The third-order valence-electron chi connectivity index (χ3n) is 2.68. The van der Waals surface area contributed by atoms with E-state index in [0.717, 1.165) is 18.6 Å². The summed E-state index contributed by atoms with van der Waals surface area (Å²) in [7, 11) is 0. The quantitative estimate of drug-likeness (QED) is 0.591. The highest BCUT2D eigenvalue weighted by molar-refractivity contribution is 5.95. The summed E-state index contributed by atoms with van der Waals surface area (Å²) in [5.41, 5.74) is 4.97. The normalized spacial score (nSPS) is 11.8. The lowest BCUT2D eigenvalue weighted by molar-refractivity contribution is -0.121. The number of halogens is 1. The molecule has 0 aliphatic rings.